The van der Waals surface area contributed by atoms with Crippen LogP contribution >= 0.6 is 0 Å². The van der Waals surface area contributed by atoms with Crippen LogP contribution in [0.5, 0.6) is 0 Å². The molecule has 2 N–H and O–H groups in total. The van der Waals surface area contributed by atoms with Crippen LogP contribution in [0.15, 0.2) is 0 Å². The molecule has 3 heteroatoms. The van der Waals surface area contributed by atoms with Crippen LogP contribution in [0.1, 0.15) is 64.2 Å². The predicted molar refractivity (Wildman–Crippen MR) is 90.2 cm³/mol. The predicted octanol–water partition coefficient (Wildman–Crippen LogP) is 3.27. The number of fused-ring (bicyclic) bond motifs is 1. The third-order valence-electron chi connectivity index (χ3n) is 6.75. The van der Waals surface area contributed by atoms with Crippen molar-refractivity contribution < 1.29 is 0 Å². The van der Waals surface area contributed by atoms with Gasteiger partial charge >= 0.3 is 0 Å². The summed E-state index contributed by atoms with van der Waals surface area (Å²) in [6.45, 7) is 3.54. The fourth-order valence-corrected chi connectivity index (χ4v) is 5.66. The second-order valence-corrected chi connectivity index (χ2v) is 7.89. The number of rotatable bonds is 3. The standard InChI is InChI=1S/C18H33BN2/c19-21-13-14-6-8-16(9-7-14)17-5-1-3-15-4-2-11-20-12-10-18(15)17/h14-18,20-21H,1-13H2. The van der Waals surface area contributed by atoms with E-state index in [0.717, 1.165) is 36.1 Å². The van der Waals surface area contributed by atoms with Crippen LogP contribution in [-0.2, 0) is 0 Å². The highest BCUT2D eigenvalue weighted by Gasteiger charge is 2.38. The van der Waals surface area contributed by atoms with Gasteiger partial charge in [0, 0.05) is 0 Å². The van der Waals surface area contributed by atoms with Gasteiger partial charge in [0.2, 0.25) is 0 Å². The Kier molecular flexibility index (Phi) is 6.05. The van der Waals surface area contributed by atoms with Gasteiger partial charge < -0.3 is 10.5 Å². The van der Waals surface area contributed by atoms with Crippen molar-refractivity contribution >= 4 is 7.98 Å². The first-order valence-corrected chi connectivity index (χ1v) is 9.52. The zero-order chi connectivity index (χ0) is 14.5. The van der Waals surface area contributed by atoms with E-state index >= 15 is 0 Å². The Morgan fingerprint density at radius 3 is 2.29 bits per heavy atom. The maximum absolute atomic E-state index is 5.50. The van der Waals surface area contributed by atoms with E-state index in [1.807, 2.05) is 0 Å². The molecule has 0 bridgehead atoms. The van der Waals surface area contributed by atoms with Crippen molar-refractivity contribution in [3.05, 3.63) is 0 Å². The smallest absolute Gasteiger partial charge is 0.177 e. The van der Waals surface area contributed by atoms with Crippen molar-refractivity contribution in [1.29, 1.82) is 0 Å². The van der Waals surface area contributed by atoms with E-state index in [4.69, 9.17) is 7.98 Å². The Labute approximate surface area is 132 Å². The average Bonchev–Trinajstić information content (AvgIpc) is 2.49. The van der Waals surface area contributed by atoms with Gasteiger partial charge in [-0.15, -0.1) is 0 Å². The van der Waals surface area contributed by atoms with Crippen molar-refractivity contribution in [2.75, 3.05) is 19.6 Å². The second-order valence-electron chi connectivity index (χ2n) is 7.89. The molecule has 0 aromatic carbocycles. The van der Waals surface area contributed by atoms with Gasteiger partial charge in [-0.1, -0.05) is 12.8 Å². The van der Waals surface area contributed by atoms with E-state index in [1.54, 1.807) is 0 Å². The average molecular weight is 288 g/mol. The third kappa shape index (κ3) is 4.04. The first-order valence-electron chi connectivity index (χ1n) is 9.52. The molecule has 3 rings (SSSR count). The first kappa shape index (κ1) is 15.9. The Bertz CT molecular complexity index is 302. The first-order chi connectivity index (χ1) is 10.4. The van der Waals surface area contributed by atoms with Gasteiger partial charge in [-0.05, 0) is 101 Å². The van der Waals surface area contributed by atoms with Crippen LogP contribution in [0, 0.1) is 29.6 Å². The zero-order valence-electron chi connectivity index (χ0n) is 13.7. The van der Waals surface area contributed by atoms with E-state index in [2.05, 4.69) is 10.5 Å². The van der Waals surface area contributed by atoms with Gasteiger partial charge in [-0.3, -0.25) is 0 Å². The highest BCUT2D eigenvalue weighted by Crippen LogP contribution is 2.47. The molecule has 0 amide bonds. The molecule has 2 radical (unpaired) electrons. The molecule has 0 spiro atoms. The molecule has 2 nitrogen and oxygen atoms in total. The van der Waals surface area contributed by atoms with Crippen LogP contribution in [0.25, 0.3) is 0 Å². The summed E-state index contributed by atoms with van der Waals surface area (Å²) in [5, 5.41) is 6.53. The summed E-state index contributed by atoms with van der Waals surface area (Å²) >= 11 is 0. The summed E-state index contributed by atoms with van der Waals surface area (Å²) in [5.74, 6) is 4.97. The highest BCUT2D eigenvalue weighted by molar-refractivity contribution is 6.04. The Hall–Kier alpha value is -0.0151. The Balaban J connectivity index is 1.58. The maximum atomic E-state index is 5.50. The molecule has 0 aromatic rings. The van der Waals surface area contributed by atoms with Crippen LogP contribution in [0.2, 0.25) is 0 Å². The van der Waals surface area contributed by atoms with E-state index in [1.165, 1.54) is 77.3 Å². The highest BCUT2D eigenvalue weighted by atomic mass is 14.8. The van der Waals surface area contributed by atoms with Crippen LogP contribution in [0.4, 0.5) is 0 Å². The van der Waals surface area contributed by atoms with Crippen molar-refractivity contribution in [3.63, 3.8) is 0 Å². The van der Waals surface area contributed by atoms with E-state index in [0.29, 0.717) is 0 Å². The fraction of sp³-hybridized carbons (Fsp3) is 1.00. The molecule has 3 atom stereocenters. The number of hydrogen-bond donors (Lipinski definition) is 2. The molecule has 1 aliphatic heterocycles. The molecule has 0 aromatic heterocycles. The minimum absolute atomic E-state index is 0.838. The van der Waals surface area contributed by atoms with Gasteiger partial charge in [0.1, 0.15) is 0 Å². The van der Waals surface area contributed by atoms with Gasteiger partial charge in [0.15, 0.2) is 7.98 Å². The molecule has 3 fully saturated rings. The SMILES string of the molecule is [B]NCC1CCC(C2CCCC3CCCNCCC32)CC1. The maximum Gasteiger partial charge on any atom is 0.177 e. The zero-order valence-corrected chi connectivity index (χ0v) is 13.7. The molecule has 3 unspecified atom stereocenters. The second kappa shape index (κ2) is 8.01. The van der Waals surface area contributed by atoms with Crippen molar-refractivity contribution in [2.24, 2.45) is 29.6 Å². The number of nitrogens with one attached hydrogen (secondary N) is 2. The van der Waals surface area contributed by atoms with E-state index < -0.39 is 0 Å². The largest absolute Gasteiger partial charge is 0.366 e. The Morgan fingerprint density at radius 2 is 1.48 bits per heavy atom. The monoisotopic (exact) mass is 288 g/mol. The molecule has 1 heterocycles. The fourth-order valence-electron chi connectivity index (χ4n) is 5.66. The lowest BCUT2D eigenvalue weighted by Gasteiger charge is -2.45. The summed E-state index contributed by atoms with van der Waals surface area (Å²) in [6, 6.07) is 0. The normalized spacial score (nSPS) is 41.8. The van der Waals surface area contributed by atoms with Crippen molar-refractivity contribution in [3.8, 4) is 0 Å². The van der Waals surface area contributed by atoms with Gasteiger partial charge in [-0.25, -0.2) is 0 Å². The quantitative estimate of drug-likeness (QED) is 0.779. The van der Waals surface area contributed by atoms with Gasteiger partial charge in [0.05, 0.1) is 0 Å². The summed E-state index contributed by atoms with van der Waals surface area (Å²) in [6.07, 6.45) is 14.6. The Morgan fingerprint density at radius 1 is 0.762 bits per heavy atom. The van der Waals surface area contributed by atoms with Crippen LogP contribution < -0.4 is 10.5 Å². The summed E-state index contributed by atoms with van der Waals surface area (Å²) in [5.41, 5.74) is 0. The lowest BCUT2D eigenvalue weighted by Crippen LogP contribution is -2.39. The number of hydrogen-bond acceptors (Lipinski definition) is 2. The summed E-state index contributed by atoms with van der Waals surface area (Å²) in [4.78, 5) is 0. The summed E-state index contributed by atoms with van der Waals surface area (Å²) in [7, 11) is 5.50. The molecular formula is C18H33BN2. The molecule has 2 saturated carbocycles. The molecule has 3 aliphatic rings. The molecular weight excluding hydrogens is 255 g/mol. The third-order valence-corrected chi connectivity index (χ3v) is 6.75. The topological polar surface area (TPSA) is 24.1 Å². The van der Waals surface area contributed by atoms with E-state index in [-0.39, 0.29) is 0 Å². The van der Waals surface area contributed by atoms with Crippen LogP contribution in [0.3, 0.4) is 0 Å². The van der Waals surface area contributed by atoms with Crippen LogP contribution in [-0.4, -0.2) is 27.6 Å². The van der Waals surface area contributed by atoms with Gasteiger partial charge in [0.25, 0.3) is 0 Å². The molecule has 118 valence electrons. The van der Waals surface area contributed by atoms with E-state index in [9.17, 15) is 0 Å². The molecule has 21 heavy (non-hydrogen) atoms. The lowest BCUT2D eigenvalue weighted by atomic mass is 9.61. The van der Waals surface area contributed by atoms with Gasteiger partial charge in [-0.2, -0.15) is 0 Å². The van der Waals surface area contributed by atoms with Crippen molar-refractivity contribution in [2.45, 2.75) is 64.2 Å². The minimum Gasteiger partial charge on any atom is -0.366 e. The molecule has 2 aliphatic carbocycles. The molecule has 1 saturated heterocycles. The minimum atomic E-state index is 0.838. The lowest BCUT2D eigenvalue weighted by molar-refractivity contribution is 0.0566. The summed E-state index contributed by atoms with van der Waals surface area (Å²) < 4.78 is 0. The van der Waals surface area contributed by atoms with Crippen molar-refractivity contribution in [1.82, 2.24) is 10.5 Å².